The van der Waals surface area contributed by atoms with E-state index in [1.807, 2.05) is 0 Å². The zero-order valence-corrected chi connectivity index (χ0v) is 12.9. The summed E-state index contributed by atoms with van der Waals surface area (Å²) >= 11 is 3.20. The first-order valence-corrected chi connectivity index (χ1v) is 7.68. The average molecular weight is 330 g/mol. The molecule has 106 valence electrons. The molecule has 0 unspecified atom stereocenters. The Bertz CT molecular complexity index is 389. The molecule has 0 radical (unpaired) electrons. The number of nitrogens with one attached hydrogen (secondary N) is 1. The van der Waals surface area contributed by atoms with Crippen molar-refractivity contribution in [2.45, 2.75) is 45.4 Å². The first kappa shape index (κ1) is 16.2. The summed E-state index contributed by atoms with van der Waals surface area (Å²) in [5, 5.41) is 2.76. The van der Waals surface area contributed by atoms with E-state index in [9.17, 15) is 9.18 Å². The number of halogens is 2. The molecule has 1 N–H and O–H groups in total. The minimum Gasteiger partial charge on any atom is -0.352 e. The van der Waals surface area contributed by atoms with E-state index >= 15 is 0 Å². The monoisotopic (exact) mass is 329 g/mol. The number of hydrogen-bond donors (Lipinski definition) is 1. The summed E-state index contributed by atoms with van der Waals surface area (Å²) in [6, 6.07) is 4.54. The van der Waals surface area contributed by atoms with E-state index in [1.165, 1.54) is 31.7 Å². The van der Waals surface area contributed by atoms with Crippen LogP contribution in [0.15, 0.2) is 22.7 Å². The van der Waals surface area contributed by atoms with E-state index in [0.717, 1.165) is 12.8 Å². The number of hydrogen-bond acceptors (Lipinski definition) is 1. The van der Waals surface area contributed by atoms with Gasteiger partial charge in [-0.05, 0) is 34.5 Å². The summed E-state index contributed by atoms with van der Waals surface area (Å²) < 4.78 is 14.0. The van der Waals surface area contributed by atoms with Gasteiger partial charge in [-0.25, -0.2) is 4.39 Å². The Kier molecular flexibility index (Phi) is 7.72. The van der Waals surface area contributed by atoms with Crippen molar-refractivity contribution in [3.8, 4) is 0 Å². The highest BCUT2D eigenvalue weighted by atomic mass is 79.9. The van der Waals surface area contributed by atoms with E-state index < -0.39 is 5.82 Å². The maximum Gasteiger partial charge on any atom is 0.255 e. The van der Waals surface area contributed by atoms with Crippen molar-refractivity contribution in [3.05, 3.63) is 34.1 Å². The highest BCUT2D eigenvalue weighted by molar-refractivity contribution is 9.10. The normalized spacial score (nSPS) is 10.5. The van der Waals surface area contributed by atoms with Crippen LogP contribution in [0.2, 0.25) is 0 Å². The standard InChI is InChI=1S/C15H21BrFNO/c1-2-3-4-5-6-7-11-18-15(19)14-12(16)9-8-10-13(14)17/h8-10H,2-7,11H2,1H3,(H,18,19). The fourth-order valence-corrected chi connectivity index (χ4v) is 2.43. The van der Waals surface area contributed by atoms with E-state index in [2.05, 4.69) is 28.2 Å². The summed E-state index contributed by atoms with van der Waals surface area (Å²) in [5.41, 5.74) is 0.0912. The van der Waals surface area contributed by atoms with E-state index in [1.54, 1.807) is 12.1 Å². The van der Waals surface area contributed by atoms with Gasteiger partial charge in [0, 0.05) is 11.0 Å². The molecule has 0 aliphatic carbocycles. The molecular weight excluding hydrogens is 309 g/mol. The Morgan fingerprint density at radius 2 is 1.89 bits per heavy atom. The third kappa shape index (κ3) is 5.72. The Labute approximate surface area is 122 Å². The fraction of sp³-hybridized carbons (Fsp3) is 0.533. The molecule has 0 aliphatic heterocycles. The lowest BCUT2D eigenvalue weighted by Gasteiger charge is -2.07. The quantitative estimate of drug-likeness (QED) is 0.689. The summed E-state index contributed by atoms with van der Waals surface area (Å²) in [6.07, 6.45) is 7.02. The number of benzene rings is 1. The van der Waals surface area contributed by atoms with Gasteiger partial charge in [0.2, 0.25) is 0 Å². The zero-order chi connectivity index (χ0) is 14.1. The van der Waals surface area contributed by atoms with Gasteiger partial charge in [0.15, 0.2) is 0 Å². The van der Waals surface area contributed by atoms with E-state index in [0.29, 0.717) is 11.0 Å². The van der Waals surface area contributed by atoms with Gasteiger partial charge in [0.05, 0.1) is 5.56 Å². The maximum absolute atomic E-state index is 13.5. The van der Waals surface area contributed by atoms with Crippen LogP contribution >= 0.6 is 15.9 Å². The lowest BCUT2D eigenvalue weighted by Crippen LogP contribution is -2.25. The molecule has 1 aromatic rings. The van der Waals surface area contributed by atoms with E-state index in [4.69, 9.17) is 0 Å². The van der Waals surface area contributed by atoms with Crippen LogP contribution in [0.5, 0.6) is 0 Å². The zero-order valence-electron chi connectivity index (χ0n) is 11.3. The molecule has 4 heteroatoms. The number of rotatable bonds is 8. The fourth-order valence-electron chi connectivity index (χ4n) is 1.91. The smallest absolute Gasteiger partial charge is 0.255 e. The van der Waals surface area contributed by atoms with Crippen molar-refractivity contribution in [2.75, 3.05) is 6.54 Å². The number of amides is 1. The predicted molar refractivity (Wildman–Crippen MR) is 79.8 cm³/mol. The molecule has 0 atom stereocenters. The van der Waals surface area contributed by atoms with Gasteiger partial charge in [0.25, 0.3) is 5.91 Å². The van der Waals surface area contributed by atoms with Crippen molar-refractivity contribution < 1.29 is 9.18 Å². The topological polar surface area (TPSA) is 29.1 Å². The second-order valence-electron chi connectivity index (χ2n) is 4.62. The summed E-state index contributed by atoms with van der Waals surface area (Å²) in [4.78, 5) is 11.8. The second kappa shape index (κ2) is 9.08. The predicted octanol–water partition coefficient (Wildman–Crippen LogP) is 4.68. The SMILES string of the molecule is CCCCCCCCNC(=O)c1c(F)cccc1Br. The van der Waals surface area contributed by atoms with Gasteiger partial charge in [0.1, 0.15) is 5.82 Å². The van der Waals surface area contributed by atoms with Gasteiger partial charge in [-0.15, -0.1) is 0 Å². The van der Waals surface area contributed by atoms with E-state index in [-0.39, 0.29) is 11.5 Å². The van der Waals surface area contributed by atoms with Gasteiger partial charge in [-0.3, -0.25) is 4.79 Å². The van der Waals surface area contributed by atoms with Crippen LogP contribution in [0.4, 0.5) is 4.39 Å². The number of carbonyl (C=O) groups is 1. The second-order valence-corrected chi connectivity index (χ2v) is 5.47. The van der Waals surface area contributed by atoms with Gasteiger partial charge in [-0.1, -0.05) is 45.1 Å². The van der Waals surface area contributed by atoms with Gasteiger partial charge < -0.3 is 5.32 Å². The van der Waals surface area contributed by atoms with Crippen LogP contribution in [0, 0.1) is 5.82 Å². The highest BCUT2D eigenvalue weighted by Gasteiger charge is 2.14. The number of unbranched alkanes of at least 4 members (excludes halogenated alkanes) is 5. The molecule has 0 spiro atoms. The lowest BCUT2D eigenvalue weighted by atomic mass is 10.1. The molecule has 0 heterocycles. The molecule has 0 aliphatic rings. The Morgan fingerprint density at radius 1 is 1.21 bits per heavy atom. The Balaban J connectivity index is 2.28. The maximum atomic E-state index is 13.5. The Morgan fingerprint density at radius 3 is 2.58 bits per heavy atom. The minimum atomic E-state index is -0.491. The van der Waals surface area contributed by atoms with Crippen LogP contribution in [0.1, 0.15) is 55.8 Å². The third-order valence-electron chi connectivity index (χ3n) is 3.01. The molecular formula is C15H21BrFNO. The molecule has 0 aromatic heterocycles. The molecule has 0 saturated carbocycles. The lowest BCUT2D eigenvalue weighted by molar-refractivity contribution is 0.0948. The van der Waals surface area contributed by atoms with Crippen molar-refractivity contribution >= 4 is 21.8 Å². The summed E-state index contributed by atoms with van der Waals surface area (Å²) in [6.45, 7) is 2.79. The third-order valence-corrected chi connectivity index (χ3v) is 3.67. The summed E-state index contributed by atoms with van der Waals surface area (Å²) in [7, 11) is 0. The van der Waals surface area contributed by atoms with Crippen molar-refractivity contribution in [1.82, 2.24) is 5.32 Å². The van der Waals surface area contributed by atoms with Crippen LogP contribution in [0.3, 0.4) is 0 Å². The van der Waals surface area contributed by atoms with Crippen molar-refractivity contribution in [2.24, 2.45) is 0 Å². The molecule has 0 fully saturated rings. The molecule has 0 bridgehead atoms. The first-order valence-electron chi connectivity index (χ1n) is 6.89. The van der Waals surface area contributed by atoms with Crippen LogP contribution in [-0.2, 0) is 0 Å². The number of carbonyl (C=O) groups excluding carboxylic acids is 1. The molecule has 1 amide bonds. The highest BCUT2D eigenvalue weighted by Crippen LogP contribution is 2.19. The van der Waals surface area contributed by atoms with Crippen molar-refractivity contribution in [1.29, 1.82) is 0 Å². The van der Waals surface area contributed by atoms with Gasteiger partial charge >= 0.3 is 0 Å². The molecule has 1 rings (SSSR count). The minimum absolute atomic E-state index is 0.0912. The molecule has 0 saturated heterocycles. The van der Waals surface area contributed by atoms with Crippen LogP contribution < -0.4 is 5.32 Å². The van der Waals surface area contributed by atoms with Gasteiger partial charge in [-0.2, -0.15) is 0 Å². The Hall–Kier alpha value is -0.900. The average Bonchev–Trinajstić information content (AvgIpc) is 2.37. The molecule has 2 nitrogen and oxygen atoms in total. The van der Waals surface area contributed by atoms with Crippen molar-refractivity contribution in [3.63, 3.8) is 0 Å². The molecule has 19 heavy (non-hydrogen) atoms. The summed E-state index contributed by atoms with van der Waals surface area (Å²) in [5.74, 6) is -0.839. The first-order chi connectivity index (χ1) is 9.16. The largest absolute Gasteiger partial charge is 0.352 e. The van der Waals surface area contributed by atoms with Crippen LogP contribution in [-0.4, -0.2) is 12.5 Å². The van der Waals surface area contributed by atoms with Crippen LogP contribution in [0.25, 0.3) is 0 Å². The molecule has 1 aromatic carbocycles.